The SMILES string of the molecule is CCn1c2ccccc2c2cc(NC(=O)c3ccnc(C(C)(C)C)c3)ccc21. The van der Waals surface area contributed by atoms with E-state index >= 15 is 0 Å². The van der Waals surface area contributed by atoms with Gasteiger partial charge in [0.1, 0.15) is 0 Å². The summed E-state index contributed by atoms with van der Waals surface area (Å²) in [6.45, 7) is 9.33. The molecule has 0 unspecified atom stereocenters. The second-order valence-corrected chi connectivity index (χ2v) is 8.13. The number of amides is 1. The molecule has 0 aliphatic heterocycles. The van der Waals surface area contributed by atoms with Gasteiger partial charge in [0.25, 0.3) is 5.91 Å². The first-order valence-corrected chi connectivity index (χ1v) is 9.67. The Labute approximate surface area is 165 Å². The minimum absolute atomic E-state index is 0.100. The minimum atomic E-state index is -0.119. The quantitative estimate of drug-likeness (QED) is 0.498. The molecule has 4 rings (SSSR count). The van der Waals surface area contributed by atoms with Crippen LogP contribution in [0.3, 0.4) is 0 Å². The zero-order valence-electron chi connectivity index (χ0n) is 16.8. The maximum absolute atomic E-state index is 12.8. The van der Waals surface area contributed by atoms with Gasteiger partial charge in [0.15, 0.2) is 0 Å². The van der Waals surface area contributed by atoms with Crippen LogP contribution in [-0.2, 0) is 12.0 Å². The van der Waals surface area contributed by atoms with Gasteiger partial charge in [-0.25, -0.2) is 0 Å². The molecule has 0 saturated heterocycles. The van der Waals surface area contributed by atoms with Crippen molar-refractivity contribution in [2.45, 2.75) is 39.7 Å². The van der Waals surface area contributed by atoms with Crippen molar-refractivity contribution in [3.63, 3.8) is 0 Å². The summed E-state index contributed by atoms with van der Waals surface area (Å²) in [4.78, 5) is 17.2. The number of nitrogens with one attached hydrogen (secondary N) is 1. The Hall–Kier alpha value is -3.14. The third-order valence-corrected chi connectivity index (χ3v) is 5.14. The van der Waals surface area contributed by atoms with Crippen LogP contribution in [0.2, 0.25) is 0 Å². The monoisotopic (exact) mass is 371 g/mol. The van der Waals surface area contributed by atoms with E-state index in [4.69, 9.17) is 0 Å². The molecule has 0 atom stereocenters. The molecule has 0 radical (unpaired) electrons. The van der Waals surface area contributed by atoms with Crippen LogP contribution in [0.5, 0.6) is 0 Å². The normalized spacial score (nSPS) is 11.9. The summed E-state index contributed by atoms with van der Waals surface area (Å²) in [6, 6.07) is 18.1. The van der Waals surface area contributed by atoms with E-state index in [2.05, 4.69) is 79.0 Å². The van der Waals surface area contributed by atoms with Crippen molar-refractivity contribution in [3.8, 4) is 0 Å². The Kier molecular flexibility index (Phi) is 4.42. The lowest BCUT2D eigenvalue weighted by molar-refractivity contribution is 0.102. The number of carbonyl (C=O) groups excluding carboxylic acids is 1. The van der Waals surface area contributed by atoms with Crippen LogP contribution in [0.1, 0.15) is 43.7 Å². The van der Waals surface area contributed by atoms with Crippen LogP contribution in [0.25, 0.3) is 21.8 Å². The summed E-state index contributed by atoms with van der Waals surface area (Å²) in [5, 5.41) is 5.40. The van der Waals surface area contributed by atoms with Gasteiger partial charge in [0, 0.05) is 56.9 Å². The average molecular weight is 371 g/mol. The van der Waals surface area contributed by atoms with Crippen molar-refractivity contribution >= 4 is 33.4 Å². The highest BCUT2D eigenvalue weighted by molar-refractivity contribution is 6.11. The molecule has 2 aromatic carbocycles. The van der Waals surface area contributed by atoms with E-state index in [0.29, 0.717) is 5.56 Å². The highest BCUT2D eigenvalue weighted by Crippen LogP contribution is 2.31. The summed E-state index contributed by atoms with van der Waals surface area (Å²) >= 11 is 0. The van der Waals surface area contributed by atoms with Crippen molar-refractivity contribution in [2.24, 2.45) is 0 Å². The molecule has 28 heavy (non-hydrogen) atoms. The van der Waals surface area contributed by atoms with Crippen molar-refractivity contribution in [2.75, 3.05) is 5.32 Å². The second-order valence-electron chi connectivity index (χ2n) is 8.13. The van der Waals surface area contributed by atoms with Gasteiger partial charge in [-0.3, -0.25) is 9.78 Å². The fraction of sp³-hybridized carbons (Fsp3) is 0.250. The van der Waals surface area contributed by atoms with E-state index in [0.717, 1.165) is 23.3 Å². The van der Waals surface area contributed by atoms with Crippen molar-refractivity contribution in [1.82, 2.24) is 9.55 Å². The smallest absolute Gasteiger partial charge is 0.255 e. The predicted octanol–water partition coefficient (Wildman–Crippen LogP) is 5.76. The molecule has 4 nitrogen and oxygen atoms in total. The van der Waals surface area contributed by atoms with E-state index < -0.39 is 0 Å². The molecule has 1 amide bonds. The van der Waals surface area contributed by atoms with Crippen LogP contribution in [0.15, 0.2) is 60.8 Å². The minimum Gasteiger partial charge on any atom is -0.341 e. The number of para-hydroxylation sites is 1. The van der Waals surface area contributed by atoms with Crippen LogP contribution in [-0.4, -0.2) is 15.5 Å². The van der Waals surface area contributed by atoms with Crippen LogP contribution in [0.4, 0.5) is 5.69 Å². The molecule has 0 aliphatic rings. The topological polar surface area (TPSA) is 46.9 Å². The van der Waals surface area contributed by atoms with E-state index in [1.54, 1.807) is 12.3 Å². The molecule has 142 valence electrons. The number of aryl methyl sites for hydroxylation is 1. The number of hydrogen-bond acceptors (Lipinski definition) is 2. The first-order valence-electron chi connectivity index (χ1n) is 9.67. The summed E-state index contributed by atoms with van der Waals surface area (Å²) in [6.07, 6.45) is 1.70. The van der Waals surface area contributed by atoms with Crippen LogP contribution >= 0.6 is 0 Å². The Morgan fingerprint density at radius 3 is 2.50 bits per heavy atom. The standard InChI is InChI=1S/C24H25N3O/c1-5-27-20-9-7-6-8-18(20)19-15-17(10-11-21(19)27)26-23(28)16-12-13-25-22(14-16)24(2,3)4/h6-15H,5H2,1-4H3,(H,26,28). The molecule has 0 aliphatic carbocycles. The van der Waals surface area contributed by atoms with E-state index in [9.17, 15) is 4.79 Å². The van der Waals surface area contributed by atoms with Crippen molar-refractivity contribution in [1.29, 1.82) is 0 Å². The maximum atomic E-state index is 12.8. The molecule has 2 heterocycles. The number of hydrogen-bond donors (Lipinski definition) is 1. The number of benzene rings is 2. The van der Waals surface area contributed by atoms with Gasteiger partial charge in [0.05, 0.1) is 0 Å². The molecular formula is C24H25N3O. The fourth-order valence-corrected chi connectivity index (χ4v) is 3.66. The molecule has 1 N–H and O–H groups in total. The van der Waals surface area contributed by atoms with E-state index in [1.807, 2.05) is 12.1 Å². The van der Waals surface area contributed by atoms with Gasteiger partial charge in [0.2, 0.25) is 0 Å². The molecule has 0 fully saturated rings. The number of carbonyl (C=O) groups is 1. The molecular weight excluding hydrogens is 346 g/mol. The zero-order chi connectivity index (χ0) is 19.9. The number of anilines is 1. The number of fused-ring (bicyclic) bond motifs is 3. The lowest BCUT2D eigenvalue weighted by Gasteiger charge is -2.18. The molecule has 2 aromatic heterocycles. The van der Waals surface area contributed by atoms with Gasteiger partial charge >= 0.3 is 0 Å². The van der Waals surface area contributed by atoms with Crippen molar-refractivity contribution in [3.05, 3.63) is 72.1 Å². The largest absolute Gasteiger partial charge is 0.341 e. The summed E-state index contributed by atoms with van der Waals surface area (Å²) < 4.78 is 2.30. The molecule has 0 bridgehead atoms. The van der Waals surface area contributed by atoms with E-state index in [-0.39, 0.29) is 11.3 Å². The van der Waals surface area contributed by atoms with Gasteiger partial charge < -0.3 is 9.88 Å². The lowest BCUT2D eigenvalue weighted by atomic mass is 9.91. The maximum Gasteiger partial charge on any atom is 0.255 e. The fourth-order valence-electron chi connectivity index (χ4n) is 3.66. The van der Waals surface area contributed by atoms with Gasteiger partial charge in [-0.2, -0.15) is 0 Å². The van der Waals surface area contributed by atoms with Gasteiger partial charge in [-0.05, 0) is 43.3 Å². The first-order chi connectivity index (χ1) is 13.4. The molecule has 4 heteroatoms. The Balaban J connectivity index is 1.71. The summed E-state index contributed by atoms with van der Waals surface area (Å²) in [5.41, 5.74) is 4.62. The second kappa shape index (κ2) is 6.79. The summed E-state index contributed by atoms with van der Waals surface area (Å²) in [5.74, 6) is -0.119. The third-order valence-electron chi connectivity index (χ3n) is 5.14. The van der Waals surface area contributed by atoms with Crippen LogP contribution in [0, 0.1) is 0 Å². The van der Waals surface area contributed by atoms with Gasteiger partial charge in [-0.1, -0.05) is 39.0 Å². The number of nitrogens with zero attached hydrogens (tertiary/aromatic N) is 2. The number of rotatable bonds is 3. The third kappa shape index (κ3) is 3.15. The average Bonchev–Trinajstić information content (AvgIpc) is 3.00. The Morgan fingerprint density at radius 1 is 1.00 bits per heavy atom. The molecule has 4 aromatic rings. The Bertz CT molecular complexity index is 1180. The lowest BCUT2D eigenvalue weighted by Crippen LogP contribution is -2.17. The predicted molar refractivity (Wildman–Crippen MR) is 116 cm³/mol. The van der Waals surface area contributed by atoms with Gasteiger partial charge in [-0.15, -0.1) is 0 Å². The first kappa shape index (κ1) is 18.2. The number of pyridine rings is 1. The van der Waals surface area contributed by atoms with Crippen molar-refractivity contribution < 1.29 is 4.79 Å². The summed E-state index contributed by atoms with van der Waals surface area (Å²) in [7, 11) is 0. The molecule has 0 saturated carbocycles. The molecule has 0 spiro atoms. The zero-order valence-corrected chi connectivity index (χ0v) is 16.8. The highest BCUT2D eigenvalue weighted by Gasteiger charge is 2.18. The number of aromatic nitrogens is 2. The van der Waals surface area contributed by atoms with E-state index in [1.165, 1.54) is 16.4 Å². The Morgan fingerprint density at radius 2 is 1.75 bits per heavy atom. The van der Waals surface area contributed by atoms with Crippen LogP contribution < -0.4 is 5.32 Å². The highest BCUT2D eigenvalue weighted by atomic mass is 16.1.